The predicted molar refractivity (Wildman–Crippen MR) is 67.0 cm³/mol. The maximum absolute atomic E-state index is 10.1. The lowest BCUT2D eigenvalue weighted by atomic mass is 10.1. The van der Waals surface area contributed by atoms with E-state index in [0.717, 1.165) is 19.1 Å². The summed E-state index contributed by atoms with van der Waals surface area (Å²) < 4.78 is 0. The van der Waals surface area contributed by atoms with Crippen molar-refractivity contribution >= 4 is 6.29 Å². The average Bonchev–Trinajstić information content (AvgIpc) is 2.26. The number of hydrogen-bond acceptors (Lipinski definition) is 1. The summed E-state index contributed by atoms with van der Waals surface area (Å²) in [7, 11) is 0. The predicted octanol–water partition coefficient (Wildman–Crippen LogP) is 4.66. The monoisotopic (exact) mass is 210 g/mol. The third kappa shape index (κ3) is 13.4. The third-order valence-corrected chi connectivity index (χ3v) is 2.58. The Morgan fingerprint density at radius 1 is 0.733 bits per heavy atom. The molecule has 0 fully saturated rings. The molecule has 88 valence electrons. The lowest BCUT2D eigenvalue weighted by Gasteiger charge is -1.95. The highest BCUT2D eigenvalue weighted by Gasteiger charge is 1.87. The molecule has 0 aliphatic rings. The molecule has 0 atom stereocenters. The van der Waals surface area contributed by atoms with Gasteiger partial charge in [0.05, 0.1) is 0 Å². The van der Waals surface area contributed by atoms with E-state index >= 15 is 0 Å². The second-order valence-electron chi connectivity index (χ2n) is 4.13. The van der Waals surface area contributed by atoms with Crippen LogP contribution in [-0.4, -0.2) is 6.29 Å². The zero-order valence-corrected chi connectivity index (χ0v) is 10.2. The molecule has 1 nitrogen and oxygen atoms in total. The minimum Gasteiger partial charge on any atom is -0.303 e. The first-order valence-corrected chi connectivity index (χ1v) is 6.50. The van der Waals surface area contributed by atoms with Gasteiger partial charge in [0.1, 0.15) is 6.29 Å². The average molecular weight is 210 g/mol. The number of hydrogen-bond donors (Lipinski definition) is 0. The molecule has 0 aromatic rings. The molecule has 0 aromatic heterocycles. The molecule has 0 spiro atoms. The van der Waals surface area contributed by atoms with Crippen molar-refractivity contribution < 1.29 is 4.79 Å². The lowest BCUT2D eigenvalue weighted by molar-refractivity contribution is -0.107. The van der Waals surface area contributed by atoms with Crippen molar-refractivity contribution in [1.82, 2.24) is 0 Å². The molecule has 0 bridgehead atoms. The molecule has 0 saturated heterocycles. The summed E-state index contributed by atoms with van der Waals surface area (Å²) in [6.45, 7) is 2.25. The first-order chi connectivity index (χ1) is 7.41. The molecule has 0 aromatic carbocycles. The molecule has 0 saturated carbocycles. The van der Waals surface area contributed by atoms with E-state index < -0.39 is 0 Å². The first-order valence-electron chi connectivity index (χ1n) is 6.50. The molecule has 0 radical (unpaired) electrons. The molecular weight excluding hydrogens is 184 g/mol. The van der Waals surface area contributed by atoms with Crippen LogP contribution in [-0.2, 0) is 4.79 Å². The Morgan fingerprint density at radius 2 is 1.27 bits per heavy atom. The van der Waals surface area contributed by atoms with Gasteiger partial charge >= 0.3 is 0 Å². The Kier molecular flexibility index (Phi) is 12.9. The van der Waals surface area contributed by atoms with Crippen LogP contribution in [0.3, 0.4) is 0 Å². The lowest BCUT2D eigenvalue weighted by Crippen LogP contribution is -1.78. The van der Waals surface area contributed by atoms with Crippen molar-refractivity contribution in [3.05, 3.63) is 12.2 Å². The smallest absolute Gasteiger partial charge is 0.119 e. The van der Waals surface area contributed by atoms with Crippen LogP contribution in [0.4, 0.5) is 0 Å². The Balaban J connectivity index is 3.00. The van der Waals surface area contributed by atoms with Crippen molar-refractivity contribution in [3.8, 4) is 0 Å². The van der Waals surface area contributed by atoms with Gasteiger partial charge < -0.3 is 4.79 Å². The van der Waals surface area contributed by atoms with Crippen LogP contribution < -0.4 is 0 Å². The van der Waals surface area contributed by atoms with E-state index in [1.165, 1.54) is 51.4 Å². The topological polar surface area (TPSA) is 17.1 Å². The third-order valence-electron chi connectivity index (χ3n) is 2.58. The van der Waals surface area contributed by atoms with Crippen LogP contribution in [0.1, 0.15) is 71.1 Å². The summed E-state index contributed by atoms with van der Waals surface area (Å²) in [5.74, 6) is 0. The molecule has 1 heteroatoms. The van der Waals surface area contributed by atoms with Crippen LogP contribution >= 0.6 is 0 Å². The number of aldehydes is 1. The minimum absolute atomic E-state index is 0.737. The number of carbonyl (C=O) groups excluding carboxylic acids is 1. The normalized spacial score (nSPS) is 11.0. The van der Waals surface area contributed by atoms with E-state index in [1.54, 1.807) is 0 Å². The van der Waals surface area contributed by atoms with Crippen LogP contribution in [0.25, 0.3) is 0 Å². The summed E-state index contributed by atoms with van der Waals surface area (Å²) in [5, 5.41) is 0. The summed E-state index contributed by atoms with van der Waals surface area (Å²) in [4.78, 5) is 10.1. The van der Waals surface area contributed by atoms with Crippen molar-refractivity contribution in [3.63, 3.8) is 0 Å². The maximum Gasteiger partial charge on any atom is 0.119 e. The maximum atomic E-state index is 10.1. The second-order valence-corrected chi connectivity index (χ2v) is 4.13. The summed E-state index contributed by atoms with van der Waals surface area (Å²) in [6, 6.07) is 0. The van der Waals surface area contributed by atoms with Crippen LogP contribution in [0.5, 0.6) is 0 Å². The molecule has 0 unspecified atom stereocenters. The zero-order chi connectivity index (χ0) is 11.2. The van der Waals surface area contributed by atoms with Crippen molar-refractivity contribution in [2.75, 3.05) is 0 Å². The van der Waals surface area contributed by atoms with Gasteiger partial charge in [0.25, 0.3) is 0 Å². The Labute approximate surface area is 95.0 Å². The summed E-state index contributed by atoms with van der Waals surface area (Å²) in [6.07, 6.45) is 17.7. The molecule has 0 N–H and O–H groups in total. The molecule has 0 aliphatic heterocycles. The van der Waals surface area contributed by atoms with Crippen molar-refractivity contribution in [2.45, 2.75) is 71.1 Å². The fourth-order valence-corrected chi connectivity index (χ4v) is 1.59. The quantitative estimate of drug-likeness (QED) is 0.275. The van der Waals surface area contributed by atoms with Gasteiger partial charge in [-0.1, -0.05) is 44.8 Å². The molecule has 0 amide bonds. The zero-order valence-electron chi connectivity index (χ0n) is 10.2. The number of carbonyl (C=O) groups is 1. The molecule has 0 heterocycles. The van der Waals surface area contributed by atoms with E-state index in [9.17, 15) is 4.79 Å². The van der Waals surface area contributed by atoms with Gasteiger partial charge in [-0.15, -0.1) is 0 Å². The highest BCUT2D eigenvalue weighted by molar-refractivity contribution is 5.48. The number of rotatable bonds is 11. The van der Waals surface area contributed by atoms with Gasteiger partial charge in [0, 0.05) is 6.42 Å². The van der Waals surface area contributed by atoms with Gasteiger partial charge in [-0.3, -0.25) is 0 Å². The van der Waals surface area contributed by atoms with Gasteiger partial charge in [0.15, 0.2) is 0 Å². The molecule has 15 heavy (non-hydrogen) atoms. The van der Waals surface area contributed by atoms with Crippen molar-refractivity contribution in [1.29, 1.82) is 0 Å². The van der Waals surface area contributed by atoms with Gasteiger partial charge in [-0.2, -0.15) is 0 Å². The standard InChI is InChI=1S/C14H26O/c1-2-3-4-5-6-7-8-9-10-11-12-13-14-15/h7-8,14H,2-6,9-13H2,1H3/b8-7-. The fourth-order valence-electron chi connectivity index (χ4n) is 1.59. The van der Waals surface area contributed by atoms with E-state index in [2.05, 4.69) is 19.1 Å². The van der Waals surface area contributed by atoms with E-state index in [0.29, 0.717) is 0 Å². The van der Waals surface area contributed by atoms with Crippen LogP contribution in [0.15, 0.2) is 12.2 Å². The Bertz CT molecular complexity index is 149. The van der Waals surface area contributed by atoms with Gasteiger partial charge in [-0.25, -0.2) is 0 Å². The van der Waals surface area contributed by atoms with E-state index in [-0.39, 0.29) is 0 Å². The molecular formula is C14H26O. The van der Waals surface area contributed by atoms with Crippen LogP contribution in [0, 0.1) is 0 Å². The molecule has 0 aliphatic carbocycles. The molecule has 0 rings (SSSR count). The van der Waals surface area contributed by atoms with Gasteiger partial charge in [-0.05, 0) is 32.1 Å². The largest absolute Gasteiger partial charge is 0.303 e. The minimum atomic E-state index is 0.737. The van der Waals surface area contributed by atoms with E-state index in [4.69, 9.17) is 0 Å². The highest BCUT2D eigenvalue weighted by Crippen LogP contribution is 2.05. The number of allylic oxidation sites excluding steroid dienone is 2. The van der Waals surface area contributed by atoms with Crippen LogP contribution in [0.2, 0.25) is 0 Å². The summed E-state index contributed by atoms with van der Waals surface area (Å²) >= 11 is 0. The van der Waals surface area contributed by atoms with E-state index in [1.807, 2.05) is 0 Å². The number of unbranched alkanes of at least 4 members (excludes halogenated alkanes) is 8. The van der Waals surface area contributed by atoms with Gasteiger partial charge in [0.2, 0.25) is 0 Å². The summed E-state index contributed by atoms with van der Waals surface area (Å²) in [5.41, 5.74) is 0. The first kappa shape index (κ1) is 14.4. The Morgan fingerprint density at radius 3 is 1.80 bits per heavy atom. The second kappa shape index (κ2) is 13.4. The van der Waals surface area contributed by atoms with Crippen molar-refractivity contribution in [2.24, 2.45) is 0 Å². The Hall–Kier alpha value is -0.590. The SMILES string of the molecule is CCCCCC/C=C\CCCCCC=O. The highest BCUT2D eigenvalue weighted by atomic mass is 16.1. The fraction of sp³-hybridized carbons (Fsp3) is 0.786.